The minimum Gasteiger partial charge on any atom is -0.399 e. The summed E-state index contributed by atoms with van der Waals surface area (Å²) >= 11 is 0. The van der Waals surface area contributed by atoms with Gasteiger partial charge in [0.1, 0.15) is 0 Å². The van der Waals surface area contributed by atoms with E-state index in [4.69, 9.17) is 10.5 Å². The van der Waals surface area contributed by atoms with Gasteiger partial charge in [0.05, 0.1) is 10.9 Å². The molecule has 1 heterocycles. The van der Waals surface area contributed by atoms with Gasteiger partial charge in [0.2, 0.25) is 0 Å². The number of nitrogen functional groups attached to an aromatic ring is 1. The molecule has 108 valence electrons. The highest BCUT2D eigenvalue weighted by Gasteiger charge is 2.12. The Morgan fingerprint density at radius 3 is 2.65 bits per heavy atom. The lowest BCUT2D eigenvalue weighted by Crippen LogP contribution is -2.39. The van der Waals surface area contributed by atoms with E-state index in [9.17, 15) is 9.59 Å². The van der Waals surface area contributed by atoms with Gasteiger partial charge in [-0.25, -0.2) is 4.79 Å². The zero-order valence-electron chi connectivity index (χ0n) is 11.8. The van der Waals surface area contributed by atoms with Crippen LogP contribution in [0.2, 0.25) is 0 Å². The Hall–Kier alpha value is -2.08. The first-order chi connectivity index (χ1) is 9.60. The molecular formula is C14H19N3O3. The maximum Gasteiger partial charge on any atom is 0.331 e. The smallest absolute Gasteiger partial charge is 0.331 e. The number of hydrogen-bond donors (Lipinski definition) is 1. The van der Waals surface area contributed by atoms with Crippen LogP contribution >= 0.6 is 0 Å². The Bertz CT molecular complexity index is 731. The second kappa shape index (κ2) is 5.92. The van der Waals surface area contributed by atoms with Gasteiger partial charge in [0.15, 0.2) is 0 Å². The van der Waals surface area contributed by atoms with Crippen molar-refractivity contribution in [3.05, 3.63) is 39.0 Å². The summed E-state index contributed by atoms with van der Waals surface area (Å²) in [6, 6.07) is 5.04. The number of aryl methyl sites for hydroxylation is 1. The van der Waals surface area contributed by atoms with Crippen molar-refractivity contribution in [3.63, 3.8) is 0 Å². The minimum absolute atomic E-state index is 0.286. The molecule has 0 aliphatic rings. The fourth-order valence-corrected chi connectivity index (χ4v) is 2.30. The number of anilines is 1. The first-order valence-corrected chi connectivity index (χ1v) is 6.62. The molecule has 2 aromatic rings. The van der Waals surface area contributed by atoms with Crippen LogP contribution in [0.4, 0.5) is 5.69 Å². The van der Waals surface area contributed by atoms with E-state index in [2.05, 4.69) is 0 Å². The van der Waals surface area contributed by atoms with Crippen LogP contribution in [-0.4, -0.2) is 22.9 Å². The van der Waals surface area contributed by atoms with Gasteiger partial charge in [-0.15, -0.1) is 0 Å². The molecule has 0 saturated heterocycles. The average Bonchev–Trinajstić information content (AvgIpc) is 2.43. The second-order valence-electron chi connectivity index (χ2n) is 4.61. The molecule has 0 aliphatic carbocycles. The first kappa shape index (κ1) is 14.3. The van der Waals surface area contributed by atoms with E-state index in [-0.39, 0.29) is 11.2 Å². The van der Waals surface area contributed by atoms with Gasteiger partial charge in [-0.2, -0.15) is 0 Å². The third-order valence-corrected chi connectivity index (χ3v) is 3.30. The molecule has 6 heteroatoms. The van der Waals surface area contributed by atoms with Crippen molar-refractivity contribution >= 4 is 16.6 Å². The molecule has 2 rings (SSSR count). The molecular weight excluding hydrogens is 258 g/mol. The van der Waals surface area contributed by atoms with Gasteiger partial charge in [-0.3, -0.25) is 13.9 Å². The number of rotatable bonds is 5. The number of aromatic nitrogens is 2. The average molecular weight is 277 g/mol. The third kappa shape index (κ3) is 2.46. The molecule has 0 unspecified atom stereocenters. The van der Waals surface area contributed by atoms with Crippen molar-refractivity contribution in [2.24, 2.45) is 0 Å². The van der Waals surface area contributed by atoms with E-state index in [0.29, 0.717) is 42.7 Å². The lowest BCUT2D eigenvalue weighted by Gasteiger charge is -2.13. The molecule has 2 N–H and O–H groups in total. The Kier molecular flexibility index (Phi) is 4.24. The summed E-state index contributed by atoms with van der Waals surface area (Å²) < 4.78 is 7.85. The third-order valence-electron chi connectivity index (χ3n) is 3.30. The molecule has 0 amide bonds. The summed E-state index contributed by atoms with van der Waals surface area (Å²) in [6.07, 6.45) is 0.706. The van der Waals surface area contributed by atoms with Crippen molar-refractivity contribution in [1.82, 2.24) is 9.13 Å². The highest BCUT2D eigenvalue weighted by molar-refractivity contribution is 5.81. The normalized spacial score (nSPS) is 11.1. The Labute approximate surface area is 116 Å². The van der Waals surface area contributed by atoms with Crippen LogP contribution in [0.1, 0.15) is 13.3 Å². The highest BCUT2D eigenvalue weighted by atomic mass is 16.5. The molecule has 1 aromatic carbocycles. The van der Waals surface area contributed by atoms with Gasteiger partial charge >= 0.3 is 5.69 Å². The fraction of sp³-hybridized carbons (Fsp3) is 0.429. The van der Waals surface area contributed by atoms with Gasteiger partial charge in [0, 0.05) is 32.5 Å². The van der Waals surface area contributed by atoms with Gasteiger partial charge in [-0.1, -0.05) is 0 Å². The summed E-state index contributed by atoms with van der Waals surface area (Å²) in [5.41, 5.74) is 6.30. The summed E-state index contributed by atoms with van der Waals surface area (Å²) in [4.78, 5) is 24.7. The second-order valence-corrected chi connectivity index (χ2v) is 4.61. The minimum atomic E-state index is -0.289. The van der Waals surface area contributed by atoms with Crippen LogP contribution in [0.3, 0.4) is 0 Å². The number of benzene rings is 1. The van der Waals surface area contributed by atoms with Crippen molar-refractivity contribution in [2.75, 3.05) is 19.5 Å². The van der Waals surface area contributed by atoms with Crippen LogP contribution in [0, 0.1) is 0 Å². The summed E-state index contributed by atoms with van der Waals surface area (Å²) in [5, 5.41) is 0.476. The van der Waals surface area contributed by atoms with Gasteiger partial charge in [0.25, 0.3) is 5.56 Å². The Balaban J connectivity index is 2.71. The van der Waals surface area contributed by atoms with E-state index in [1.807, 2.05) is 0 Å². The van der Waals surface area contributed by atoms with Gasteiger partial charge in [-0.05, 0) is 31.5 Å². The molecule has 1 aromatic heterocycles. The van der Waals surface area contributed by atoms with E-state index >= 15 is 0 Å². The number of nitrogens with zero attached hydrogens (tertiary/aromatic N) is 2. The van der Waals surface area contributed by atoms with E-state index in [1.54, 1.807) is 36.8 Å². The number of nitrogens with two attached hydrogens (primary N) is 1. The fourth-order valence-electron chi connectivity index (χ4n) is 2.30. The van der Waals surface area contributed by atoms with E-state index in [1.165, 1.54) is 4.57 Å². The lowest BCUT2D eigenvalue weighted by molar-refractivity contribution is 0.190. The molecule has 0 atom stereocenters. The predicted octanol–water partition coefficient (Wildman–Crippen LogP) is 0.802. The molecule has 0 aliphatic heterocycles. The van der Waals surface area contributed by atoms with Crippen LogP contribution < -0.4 is 17.0 Å². The molecule has 0 saturated carbocycles. The predicted molar refractivity (Wildman–Crippen MR) is 79.0 cm³/mol. The van der Waals surface area contributed by atoms with Crippen LogP contribution in [0.15, 0.2) is 27.8 Å². The zero-order valence-corrected chi connectivity index (χ0v) is 11.8. The van der Waals surface area contributed by atoms with E-state index in [0.717, 1.165) is 0 Å². The maximum absolute atomic E-state index is 12.4. The van der Waals surface area contributed by atoms with Gasteiger partial charge < -0.3 is 10.5 Å². The standard InChI is InChI=1S/C14H19N3O3/c1-3-16-13(18)11-9-10(15)5-6-12(11)17(14(16)19)7-4-8-20-2/h5-6,9H,3-4,7-8,15H2,1-2H3. The van der Waals surface area contributed by atoms with Crippen LogP contribution in [0.25, 0.3) is 10.9 Å². The number of fused-ring (bicyclic) bond motifs is 1. The SMILES string of the molecule is CCn1c(=O)c2cc(N)ccc2n(CCCOC)c1=O. The summed E-state index contributed by atoms with van der Waals surface area (Å²) in [7, 11) is 1.62. The van der Waals surface area contributed by atoms with Crippen molar-refractivity contribution in [1.29, 1.82) is 0 Å². The van der Waals surface area contributed by atoms with Crippen molar-refractivity contribution in [2.45, 2.75) is 26.4 Å². The summed E-state index contributed by atoms with van der Waals surface area (Å²) in [6.45, 7) is 3.19. The summed E-state index contributed by atoms with van der Waals surface area (Å²) in [5.74, 6) is 0. The van der Waals surface area contributed by atoms with Crippen molar-refractivity contribution in [3.8, 4) is 0 Å². The molecule has 0 spiro atoms. The largest absolute Gasteiger partial charge is 0.399 e. The number of methoxy groups -OCH3 is 1. The number of ether oxygens (including phenoxy) is 1. The zero-order chi connectivity index (χ0) is 14.7. The molecule has 0 fully saturated rings. The van der Waals surface area contributed by atoms with Crippen LogP contribution in [0.5, 0.6) is 0 Å². The molecule has 6 nitrogen and oxygen atoms in total. The van der Waals surface area contributed by atoms with Crippen molar-refractivity contribution < 1.29 is 4.74 Å². The maximum atomic E-state index is 12.4. The Morgan fingerprint density at radius 1 is 1.25 bits per heavy atom. The Morgan fingerprint density at radius 2 is 2.00 bits per heavy atom. The quantitative estimate of drug-likeness (QED) is 0.647. The number of hydrogen-bond acceptors (Lipinski definition) is 4. The van der Waals surface area contributed by atoms with Crippen LogP contribution in [-0.2, 0) is 17.8 Å². The topological polar surface area (TPSA) is 79.2 Å². The molecule has 0 bridgehead atoms. The monoisotopic (exact) mass is 277 g/mol. The molecule has 0 radical (unpaired) electrons. The van der Waals surface area contributed by atoms with E-state index < -0.39 is 0 Å². The lowest BCUT2D eigenvalue weighted by atomic mass is 10.2. The molecule has 20 heavy (non-hydrogen) atoms. The first-order valence-electron chi connectivity index (χ1n) is 6.62. The highest BCUT2D eigenvalue weighted by Crippen LogP contribution is 2.13.